The number of hydrogen-bond acceptors (Lipinski definition) is 3. The van der Waals surface area contributed by atoms with Crippen LogP contribution in [-0.4, -0.2) is 17.4 Å². The number of nitrogens with one attached hydrogen (secondary N) is 2. The van der Waals surface area contributed by atoms with Crippen LogP contribution >= 0.6 is 11.6 Å². The summed E-state index contributed by atoms with van der Waals surface area (Å²) in [6.07, 6.45) is 2.36. The van der Waals surface area contributed by atoms with Crippen molar-refractivity contribution in [3.8, 4) is 0 Å². The molecule has 0 fully saturated rings. The van der Waals surface area contributed by atoms with E-state index in [0.717, 1.165) is 24.2 Å². The van der Waals surface area contributed by atoms with Crippen LogP contribution in [0, 0.1) is 0 Å². The van der Waals surface area contributed by atoms with E-state index in [4.69, 9.17) is 11.6 Å². The van der Waals surface area contributed by atoms with Gasteiger partial charge in [-0.25, -0.2) is 4.98 Å². The van der Waals surface area contributed by atoms with E-state index in [1.165, 1.54) is 0 Å². The first-order valence-electron chi connectivity index (χ1n) is 6.50. The van der Waals surface area contributed by atoms with Crippen LogP contribution in [0.3, 0.4) is 0 Å². The minimum Gasteiger partial charge on any atom is -0.385 e. The number of halogens is 1. The van der Waals surface area contributed by atoms with Crippen LogP contribution < -0.4 is 10.6 Å². The van der Waals surface area contributed by atoms with Crippen LogP contribution in [0.25, 0.3) is 0 Å². The molecule has 2 aromatic rings. The van der Waals surface area contributed by atoms with Crippen LogP contribution in [0.1, 0.15) is 17.9 Å². The lowest BCUT2D eigenvalue weighted by atomic mass is 9.90. The molecule has 0 spiro atoms. The van der Waals surface area contributed by atoms with Crippen LogP contribution in [0.2, 0.25) is 5.15 Å². The van der Waals surface area contributed by atoms with Crippen LogP contribution in [0.15, 0.2) is 42.6 Å². The molecular formula is C15H14ClN3O. The van der Waals surface area contributed by atoms with Gasteiger partial charge in [-0.05, 0) is 30.2 Å². The third-order valence-electron chi connectivity index (χ3n) is 3.42. The Bertz CT molecular complexity index is 645. The lowest BCUT2D eigenvalue weighted by molar-refractivity contribution is -0.117. The highest BCUT2D eigenvalue weighted by molar-refractivity contribution is 6.32. The van der Waals surface area contributed by atoms with E-state index < -0.39 is 0 Å². The molecular weight excluding hydrogens is 274 g/mol. The lowest BCUT2D eigenvalue weighted by Gasteiger charge is -2.25. The molecule has 1 unspecified atom stereocenters. The van der Waals surface area contributed by atoms with Gasteiger partial charge in [0.15, 0.2) is 5.15 Å². The molecule has 0 aliphatic carbocycles. The van der Waals surface area contributed by atoms with E-state index in [9.17, 15) is 4.79 Å². The van der Waals surface area contributed by atoms with Gasteiger partial charge in [-0.2, -0.15) is 0 Å². The predicted octanol–water partition coefficient (Wildman–Crippen LogP) is 3.27. The molecule has 102 valence electrons. The standard InChI is InChI=1S/C15H14ClN3O/c16-14-13(6-3-8-18-14)19-15(20)11-7-9-17-12-5-2-1-4-10(11)12/h1-6,8,11,17H,7,9H2,(H,19,20). The van der Waals surface area contributed by atoms with Crippen molar-refractivity contribution < 1.29 is 4.79 Å². The predicted molar refractivity (Wildman–Crippen MR) is 80.2 cm³/mol. The Morgan fingerprint density at radius 2 is 2.15 bits per heavy atom. The van der Waals surface area contributed by atoms with Gasteiger partial charge in [0, 0.05) is 18.4 Å². The summed E-state index contributed by atoms with van der Waals surface area (Å²) in [5.74, 6) is -0.211. The van der Waals surface area contributed by atoms with Crippen LogP contribution in [0.5, 0.6) is 0 Å². The number of anilines is 2. The second-order valence-corrected chi connectivity index (χ2v) is 5.04. The van der Waals surface area contributed by atoms with E-state index in [2.05, 4.69) is 15.6 Å². The van der Waals surface area contributed by atoms with Crippen molar-refractivity contribution in [2.24, 2.45) is 0 Å². The third kappa shape index (κ3) is 2.47. The normalized spacial score (nSPS) is 16.9. The minimum absolute atomic E-state index is 0.0474. The fourth-order valence-electron chi connectivity index (χ4n) is 2.44. The van der Waals surface area contributed by atoms with E-state index >= 15 is 0 Å². The monoisotopic (exact) mass is 287 g/mol. The van der Waals surface area contributed by atoms with Crippen molar-refractivity contribution in [2.75, 3.05) is 17.2 Å². The molecule has 1 amide bonds. The summed E-state index contributed by atoms with van der Waals surface area (Å²) < 4.78 is 0. The van der Waals surface area contributed by atoms with Gasteiger partial charge in [-0.15, -0.1) is 0 Å². The molecule has 2 heterocycles. The lowest BCUT2D eigenvalue weighted by Crippen LogP contribution is -2.27. The summed E-state index contributed by atoms with van der Waals surface area (Å²) in [6, 6.07) is 11.4. The van der Waals surface area contributed by atoms with Gasteiger partial charge in [0.1, 0.15) is 0 Å². The average Bonchev–Trinajstić information content (AvgIpc) is 2.49. The Kier molecular flexibility index (Phi) is 3.56. The van der Waals surface area contributed by atoms with Crippen LogP contribution in [-0.2, 0) is 4.79 Å². The second-order valence-electron chi connectivity index (χ2n) is 4.69. The molecule has 0 saturated heterocycles. The van der Waals surface area contributed by atoms with Gasteiger partial charge in [0.05, 0.1) is 11.6 Å². The number of pyridine rings is 1. The first kappa shape index (κ1) is 12.9. The fraction of sp³-hybridized carbons (Fsp3) is 0.200. The molecule has 1 aromatic carbocycles. The zero-order chi connectivity index (χ0) is 13.9. The third-order valence-corrected chi connectivity index (χ3v) is 3.72. The van der Waals surface area contributed by atoms with Gasteiger partial charge in [0.2, 0.25) is 5.91 Å². The van der Waals surface area contributed by atoms with Crippen LogP contribution in [0.4, 0.5) is 11.4 Å². The van der Waals surface area contributed by atoms with Gasteiger partial charge in [-0.3, -0.25) is 4.79 Å². The van der Waals surface area contributed by atoms with Crippen molar-refractivity contribution in [3.05, 3.63) is 53.3 Å². The molecule has 0 saturated carbocycles. The molecule has 1 atom stereocenters. The van der Waals surface area contributed by atoms with Crippen molar-refractivity contribution in [3.63, 3.8) is 0 Å². The molecule has 4 nitrogen and oxygen atoms in total. The number of nitrogens with zero attached hydrogens (tertiary/aromatic N) is 1. The summed E-state index contributed by atoms with van der Waals surface area (Å²) in [5, 5.41) is 6.47. The number of carbonyl (C=O) groups excluding carboxylic acids is 1. The molecule has 1 aliphatic rings. The zero-order valence-corrected chi connectivity index (χ0v) is 11.5. The Morgan fingerprint density at radius 1 is 1.30 bits per heavy atom. The Morgan fingerprint density at radius 3 is 3.00 bits per heavy atom. The fourth-order valence-corrected chi connectivity index (χ4v) is 2.61. The first-order valence-corrected chi connectivity index (χ1v) is 6.87. The molecule has 1 aromatic heterocycles. The summed E-state index contributed by atoms with van der Waals surface area (Å²) in [5.41, 5.74) is 2.60. The largest absolute Gasteiger partial charge is 0.385 e. The SMILES string of the molecule is O=C(Nc1cccnc1Cl)C1CCNc2ccccc21. The summed E-state index contributed by atoms with van der Waals surface area (Å²) in [4.78, 5) is 16.4. The topological polar surface area (TPSA) is 54.0 Å². The van der Waals surface area contributed by atoms with E-state index in [-0.39, 0.29) is 11.8 Å². The van der Waals surface area contributed by atoms with Crippen molar-refractivity contribution >= 4 is 28.9 Å². The highest BCUT2D eigenvalue weighted by atomic mass is 35.5. The van der Waals surface area contributed by atoms with Gasteiger partial charge >= 0.3 is 0 Å². The summed E-state index contributed by atoms with van der Waals surface area (Å²) in [6.45, 7) is 0.788. The van der Waals surface area contributed by atoms with E-state index in [1.54, 1.807) is 18.3 Å². The van der Waals surface area contributed by atoms with Crippen molar-refractivity contribution in [1.29, 1.82) is 0 Å². The molecule has 5 heteroatoms. The number of aromatic nitrogens is 1. The highest BCUT2D eigenvalue weighted by Crippen LogP contribution is 2.32. The van der Waals surface area contributed by atoms with Crippen molar-refractivity contribution in [2.45, 2.75) is 12.3 Å². The van der Waals surface area contributed by atoms with Gasteiger partial charge in [-0.1, -0.05) is 29.8 Å². The second kappa shape index (κ2) is 5.51. The Hall–Kier alpha value is -2.07. The molecule has 2 N–H and O–H groups in total. The summed E-state index contributed by atoms with van der Waals surface area (Å²) in [7, 11) is 0. The van der Waals surface area contributed by atoms with E-state index in [0.29, 0.717) is 10.8 Å². The highest BCUT2D eigenvalue weighted by Gasteiger charge is 2.26. The first-order chi connectivity index (χ1) is 9.75. The number of para-hydroxylation sites is 1. The number of amides is 1. The molecule has 0 bridgehead atoms. The molecule has 1 aliphatic heterocycles. The van der Waals surface area contributed by atoms with E-state index in [1.807, 2.05) is 24.3 Å². The number of carbonyl (C=O) groups is 1. The molecule has 0 radical (unpaired) electrons. The number of benzene rings is 1. The average molecular weight is 288 g/mol. The van der Waals surface area contributed by atoms with Gasteiger partial charge in [0.25, 0.3) is 0 Å². The summed E-state index contributed by atoms with van der Waals surface area (Å²) >= 11 is 5.97. The molecule has 3 rings (SSSR count). The maximum atomic E-state index is 12.5. The maximum Gasteiger partial charge on any atom is 0.232 e. The smallest absolute Gasteiger partial charge is 0.232 e. The van der Waals surface area contributed by atoms with Crippen molar-refractivity contribution in [1.82, 2.24) is 4.98 Å². The Labute approximate surface area is 122 Å². The molecule has 20 heavy (non-hydrogen) atoms. The van der Waals surface area contributed by atoms with Gasteiger partial charge < -0.3 is 10.6 Å². The maximum absolute atomic E-state index is 12.5. The quantitative estimate of drug-likeness (QED) is 0.834. The number of rotatable bonds is 2. The number of fused-ring (bicyclic) bond motifs is 1. The minimum atomic E-state index is -0.163. The number of hydrogen-bond donors (Lipinski definition) is 2. The zero-order valence-electron chi connectivity index (χ0n) is 10.8. The Balaban J connectivity index is 1.84.